The molecular formula is C19H17ClN2O2. The van der Waals surface area contributed by atoms with Crippen molar-refractivity contribution >= 4 is 17.5 Å². The largest absolute Gasteiger partial charge is 0.490 e. The summed E-state index contributed by atoms with van der Waals surface area (Å²) in [7, 11) is 0. The molecule has 0 atom stereocenters. The van der Waals surface area contributed by atoms with E-state index in [9.17, 15) is 4.79 Å². The van der Waals surface area contributed by atoms with Gasteiger partial charge in [-0.1, -0.05) is 11.6 Å². The summed E-state index contributed by atoms with van der Waals surface area (Å²) in [5, 5.41) is 9.50. The van der Waals surface area contributed by atoms with Gasteiger partial charge in [0, 0.05) is 36.5 Å². The number of hydrogen-bond donors (Lipinski definition) is 0. The Hall–Kier alpha value is -2.51. The van der Waals surface area contributed by atoms with Crippen molar-refractivity contribution in [1.82, 2.24) is 4.90 Å². The summed E-state index contributed by atoms with van der Waals surface area (Å²) in [5.74, 6) is 0.806. The number of rotatable bonds is 3. The van der Waals surface area contributed by atoms with Gasteiger partial charge in [0.15, 0.2) is 0 Å². The van der Waals surface area contributed by atoms with Crippen molar-refractivity contribution in [3.05, 3.63) is 64.7 Å². The number of piperidine rings is 1. The molecule has 24 heavy (non-hydrogen) atoms. The number of carbonyl (C=O) groups is 1. The molecule has 2 aromatic carbocycles. The highest BCUT2D eigenvalue weighted by Gasteiger charge is 2.24. The van der Waals surface area contributed by atoms with Gasteiger partial charge in [-0.2, -0.15) is 5.26 Å². The van der Waals surface area contributed by atoms with Crippen molar-refractivity contribution in [3.63, 3.8) is 0 Å². The van der Waals surface area contributed by atoms with Crippen LogP contribution in [0.25, 0.3) is 0 Å². The highest BCUT2D eigenvalue weighted by atomic mass is 35.5. The van der Waals surface area contributed by atoms with E-state index < -0.39 is 0 Å². The fourth-order valence-corrected chi connectivity index (χ4v) is 2.88. The highest BCUT2D eigenvalue weighted by Crippen LogP contribution is 2.22. The van der Waals surface area contributed by atoms with Gasteiger partial charge in [0.1, 0.15) is 11.9 Å². The van der Waals surface area contributed by atoms with Crippen molar-refractivity contribution in [2.45, 2.75) is 18.9 Å². The third-order valence-corrected chi connectivity index (χ3v) is 4.36. The van der Waals surface area contributed by atoms with E-state index in [-0.39, 0.29) is 12.0 Å². The van der Waals surface area contributed by atoms with Gasteiger partial charge >= 0.3 is 0 Å². The fraction of sp³-hybridized carbons (Fsp3) is 0.263. The van der Waals surface area contributed by atoms with Crippen LogP contribution in [0.4, 0.5) is 0 Å². The molecule has 1 fully saturated rings. The number of hydrogen-bond acceptors (Lipinski definition) is 3. The van der Waals surface area contributed by atoms with Gasteiger partial charge in [0.25, 0.3) is 5.91 Å². The molecule has 0 unspecified atom stereocenters. The molecule has 2 aromatic rings. The van der Waals surface area contributed by atoms with Crippen LogP contribution in [0, 0.1) is 11.3 Å². The first-order valence-corrected chi connectivity index (χ1v) is 8.25. The minimum atomic E-state index is 0.00410. The van der Waals surface area contributed by atoms with Gasteiger partial charge in [0.05, 0.1) is 11.6 Å². The quantitative estimate of drug-likeness (QED) is 0.851. The number of ether oxygens (including phenoxy) is 1. The maximum absolute atomic E-state index is 12.5. The molecule has 1 saturated heterocycles. The minimum absolute atomic E-state index is 0.00410. The Kier molecular flexibility index (Phi) is 5.02. The Morgan fingerprint density at radius 3 is 2.29 bits per heavy atom. The lowest BCUT2D eigenvalue weighted by Gasteiger charge is -2.32. The van der Waals surface area contributed by atoms with E-state index in [2.05, 4.69) is 6.07 Å². The van der Waals surface area contributed by atoms with Crippen LogP contribution in [-0.2, 0) is 0 Å². The normalized spacial score (nSPS) is 14.9. The van der Waals surface area contributed by atoms with Gasteiger partial charge in [-0.3, -0.25) is 4.79 Å². The van der Waals surface area contributed by atoms with Gasteiger partial charge in [0.2, 0.25) is 0 Å². The van der Waals surface area contributed by atoms with Crippen molar-refractivity contribution in [2.24, 2.45) is 0 Å². The molecule has 3 rings (SSSR count). The first kappa shape index (κ1) is 16.4. The smallest absolute Gasteiger partial charge is 0.253 e. The SMILES string of the molecule is N#Cc1ccc(C(=O)N2CCC(Oc3ccc(Cl)cc3)CC2)cc1. The zero-order chi connectivity index (χ0) is 16.9. The summed E-state index contributed by atoms with van der Waals surface area (Å²) >= 11 is 5.87. The summed E-state index contributed by atoms with van der Waals surface area (Å²) < 4.78 is 5.94. The summed E-state index contributed by atoms with van der Waals surface area (Å²) in [6, 6.07) is 16.1. The third kappa shape index (κ3) is 3.87. The molecule has 1 aliphatic rings. The lowest BCUT2D eigenvalue weighted by molar-refractivity contribution is 0.0595. The zero-order valence-electron chi connectivity index (χ0n) is 13.1. The Morgan fingerprint density at radius 1 is 1.08 bits per heavy atom. The molecule has 0 bridgehead atoms. The van der Waals surface area contributed by atoms with Crippen LogP contribution in [0.3, 0.4) is 0 Å². The van der Waals surface area contributed by atoms with Crippen molar-refractivity contribution in [2.75, 3.05) is 13.1 Å². The number of halogens is 1. The van der Waals surface area contributed by atoms with E-state index in [1.54, 1.807) is 36.4 Å². The van der Waals surface area contributed by atoms with Crippen molar-refractivity contribution in [1.29, 1.82) is 5.26 Å². The van der Waals surface area contributed by atoms with E-state index >= 15 is 0 Å². The molecule has 1 amide bonds. The van der Waals surface area contributed by atoms with Gasteiger partial charge in [-0.15, -0.1) is 0 Å². The first-order chi connectivity index (χ1) is 11.7. The summed E-state index contributed by atoms with van der Waals surface area (Å²) in [4.78, 5) is 14.3. The second kappa shape index (κ2) is 7.37. The monoisotopic (exact) mass is 340 g/mol. The van der Waals surface area contributed by atoms with E-state index in [0.29, 0.717) is 29.2 Å². The maximum Gasteiger partial charge on any atom is 0.253 e. The van der Waals surface area contributed by atoms with Gasteiger partial charge in [-0.05, 0) is 48.5 Å². The van der Waals surface area contributed by atoms with E-state index in [0.717, 1.165) is 18.6 Å². The summed E-state index contributed by atoms with van der Waals surface area (Å²) in [6.07, 6.45) is 1.70. The predicted octanol–water partition coefficient (Wildman–Crippen LogP) is 3.90. The van der Waals surface area contributed by atoms with Crippen LogP contribution in [0.15, 0.2) is 48.5 Å². The highest BCUT2D eigenvalue weighted by molar-refractivity contribution is 6.30. The van der Waals surface area contributed by atoms with Gasteiger partial charge < -0.3 is 9.64 Å². The van der Waals surface area contributed by atoms with E-state index in [4.69, 9.17) is 21.6 Å². The van der Waals surface area contributed by atoms with Crippen LogP contribution in [0.2, 0.25) is 5.02 Å². The van der Waals surface area contributed by atoms with Crippen LogP contribution >= 0.6 is 11.6 Å². The van der Waals surface area contributed by atoms with Crippen LogP contribution in [0.5, 0.6) is 5.75 Å². The number of nitriles is 1. The number of benzene rings is 2. The third-order valence-electron chi connectivity index (χ3n) is 4.11. The zero-order valence-corrected chi connectivity index (χ0v) is 13.9. The molecule has 122 valence electrons. The number of carbonyl (C=O) groups excluding carboxylic acids is 1. The fourth-order valence-electron chi connectivity index (χ4n) is 2.75. The molecule has 4 nitrogen and oxygen atoms in total. The number of likely N-dealkylation sites (tertiary alicyclic amines) is 1. The standard InChI is InChI=1S/C19H17ClN2O2/c20-16-5-7-17(8-6-16)24-18-9-11-22(12-10-18)19(23)15-3-1-14(13-21)2-4-15/h1-8,18H,9-12H2. The topological polar surface area (TPSA) is 53.3 Å². The van der Waals surface area contributed by atoms with Crippen molar-refractivity contribution in [3.8, 4) is 11.8 Å². The molecule has 0 aliphatic carbocycles. The van der Waals surface area contributed by atoms with Crippen LogP contribution in [0.1, 0.15) is 28.8 Å². The molecule has 5 heteroatoms. The number of nitrogens with zero attached hydrogens (tertiary/aromatic N) is 2. The molecular weight excluding hydrogens is 324 g/mol. The Morgan fingerprint density at radius 2 is 1.71 bits per heavy atom. The minimum Gasteiger partial charge on any atom is -0.490 e. The molecule has 0 N–H and O–H groups in total. The van der Waals surface area contributed by atoms with Crippen LogP contribution < -0.4 is 4.74 Å². The number of amides is 1. The predicted molar refractivity (Wildman–Crippen MR) is 92.2 cm³/mol. The average Bonchev–Trinajstić information content (AvgIpc) is 2.64. The van der Waals surface area contributed by atoms with Crippen LogP contribution in [-0.4, -0.2) is 30.0 Å². The Balaban J connectivity index is 1.55. The van der Waals surface area contributed by atoms with Crippen molar-refractivity contribution < 1.29 is 9.53 Å². The average molecular weight is 341 g/mol. The van der Waals surface area contributed by atoms with E-state index in [1.807, 2.05) is 17.0 Å². The molecule has 0 saturated carbocycles. The summed E-state index contributed by atoms with van der Waals surface area (Å²) in [5.41, 5.74) is 1.17. The molecule has 1 aliphatic heterocycles. The van der Waals surface area contributed by atoms with Gasteiger partial charge in [-0.25, -0.2) is 0 Å². The second-order valence-corrected chi connectivity index (χ2v) is 6.19. The summed E-state index contributed by atoms with van der Waals surface area (Å²) in [6.45, 7) is 1.33. The lowest BCUT2D eigenvalue weighted by atomic mass is 10.1. The molecule has 0 spiro atoms. The Bertz CT molecular complexity index is 742. The van der Waals surface area contributed by atoms with E-state index in [1.165, 1.54) is 0 Å². The second-order valence-electron chi connectivity index (χ2n) is 5.75. The molecule has 1 heterocycles. The Labute approximate surface area is 146 Å². The lowest BCUT2D eigenvalue weighted by Crippen LogP contribution is -2.41. The molecule has 0 aromatic heterocycles. The maximum atomic E-state index is 12.5. The molecule has 0 radical (unpaired) electrons. The first-order valence-electron chi connectivity index (χ1n) is 7.87.